The van der Waals surface area contributed by atoms with E-state index in [4.69, 9.17) is 5.73 Å². The van der Waals surface area contributed by atoms with Gasteiger partial charge in [0.05, 0.1) is 6.04 Å². The SMILES string of the molecule is C=CC(=O)NCC(N)C(=O)c1ccccc1. The van der Waals surface area contributed by atoms with Gasteiger partial charge in [0.25, 0.3) is 0 Å². The zero-order valence-corrected chi connectivity index (χ0v) is 8.85. The molecule has 1 atom stereocenters. The molecule has 1 aromatic rings. The number of nitrogens with two attached hydrogens (primary N) is 1. The van der Waals surface area contributed by atoms with Crippen LogP contribution in [-0.2, 0) is 4.79 Å². The fraction of sp³-hybridized carbons (Fsp3) is 0.167. The molecule has 0 spiro atoms. The fourth-order valence-corrected chi connectivity index (χ4v) is 1.19. The van der Waals surface area contributed by atoms with Gasteiger partial charge in [-0.3, -0.25) is 9.59 Å². The Morgan fingerprint density at radius 2 is 2.00 bits per heavy atom. The largest absolute Gasteiger partial charge is 0.351 e. The number of carbonyl (C=O) groups is 2. The molecule has 0 aliphatic rings. The average molecular weight is 218 g/mol. The Morgan fingerprint density at radius 3 is 2.56 bits per heavy atom. The number of benzene rings is 1. The van der Waals surface area contributed by atoms with Gasteiger partial charge in [0.15, 0.2) is 5.78 Å². The number of amides is 1. The summed E-state index contributed by atoms with van der Waals surface area (Å²) < 4.78 is 0. The monoisotopic (exact) mass is 218 g/mol. The highest BCUT2D eigenvalue weighted by atomic mass is 16.1. The molecule has 16 heavy (non-hydrogen) atoms. The maximum atomic E-state index is 11.7. The van der Waals surface area contributed by atoms with E-state index >= 15 is 0 Å². The second-order valence-electron chi connectivity index (χ2n) is 3.29. The summed E-state index contributed by atoms with van der Waals surface area (Å²) in [5, 5.41) is 2.48. The Bertz CT molecular complexity index is 387. The van der Waals surface area contributed by atoms with Crippen molar-refractivity contribution in [3.05, 3.63) is 48.6 Å². The lowest BCUT2D eigenvalue weighted by molar-refractivity contribution is -0.116. The minimum Gasteiger partial charge on any atom is -0.351 e. The molecule has 4 nitrogen and oxygen atoms in total. The molecular weight excluding hydrogens is 204 g/mol. The Morgan fingerprint density at radius 1 is 1.38 bits per heavy atom. The van der Waals surface area contributed by atoms with Crippen LogP contribution in [0.2, 0.25) is 0 Å². The van der Waals surface area contributed by atoms with Crippen molar-refractivity contribution in [1.29, 1.82) is 0 Å². The van der Waals surface area contributed by atoms with E-state index in [2.05, 4.69) is 11.9 Å². The quantitative estimate of drug-likeness (QED) is 0.558. The predicted molar refractivity (Wildman–Crippen MR) is 62.0 cm³/mol. The second-order valence-corrected chi connectivity index (χ2v) is 3.29. The van der Waals surface area contributed by atoms with Crippen molar-refractivity contribution < 1.29 is 9.59 Å². The molecule has 0 saturated heterocycles. The summed E-state index contributed by atoms with van der Waals surface area (Å²) in [6.45, 7) is 3.41. The molecule has 0 aliphatic heterocycles. The van der Waals surface area contributed by atoms with Crippen LogP contribution in [0.15, 0.2) is 43.0 Å². The number of hydrogen-bond acceptors (Lipinski definition) is 3. The van der Waals surface area contributed by atoms with Gasteiger partial charge in [0.1, 0.15) is 0 Å². The van der Waals surface area contributed by atoms with E-state index in [1.807, 2.05) is 6.07 Å². The van der Waals surface area contributed by atoms with E-state index in [1.165, 1.54) is 0 Å². The first-order valence-corrected chi connectivity index (χ1v) is 4.90. The normalized spacial score (nSPS) is 11.6. The second kappa shape index (κ2) is 5.82. The lowest BCUT2D eigenvalue weighted by Crippen LogP contribution is -2.42. The Balaban J connectivity index is 2.55. The van der Waals surface area contributed by atoms with Crippen molar-refractivity contribution in [2.24, 2.45) is 5.73 Å². The summed E-state index contributed by atoms with van der Waals surface area (Å²) in [7, 11) is 0. The van der Waals surface area contributed by atoms with Gasteiger partial charge in [-0.25, -0.2) is 0 Å². The molecule has 4 heteroatoms. The number of hydrogen-bond donors (Lipinski definition) is 2. The highest BCUT2D eigenvalue weighted by Crippen LogP contribution is 2.01. The van der Waals surface area contributed by atoms with Crippen molar-refractivity contribution >= 4 is 11.7 Å². The molecule has 0 heterocycles. The fourth-order valence-electron chi connectivity index (χ4n) is 1.19. The van der Waals surface area contributed by atoms with Gasteiger partial charge in [-0.05, 0) is 6.08 Å². The van der Waals surface area contributed by atoms with Gasteiger partial charge >= 0.3 is 0 Å². The van der Waals surface area contributed by atoms with Gasteiger partial charge in [-0.2, -0.15) is 0 Å². The third kappa shape index (κ3) is 3.33. The summed E-state index contributed by atoms with van der Waals surface area (Å²) >= 11 is 0. The lowest BCUT2D eigenvalue weighted by Gasteiger charge is -2.10. The average Bonchev–Trinajstić information content (AvgIpc) is 2.35. The smallest absolute Gasteiger partial charge is 0.243 e. The molecule has 1 amide bonds. The molecule has 0 radical (unpaired) electrons. The lowest BCUT2D eigenvalue weighted by atomic mass is 10.1. The molecule has 0 aromatic heterocycles. The van der Waals surface area contributed by atoms with E-state index in [-0.39, 0.29) is 18.2 Å². The third-order valence-corrected chi connectivity index (χ3v) is 2.08. The number of carbonyl (C=O) groups excluding carboxylic acids is 2. The molecule has 0 aliphatic carbocycles. The summed E-state index contributed by atoms with van der Waals surface area (Å²) in [5.41, 5.74) is 6.20. The number of Topliss-reactive ketones (excluding diaryl/α,β-unsaturated/α-hetero) is 1. The zero-order chi connectivity index (χ0) is 12.0. The maximum Gasteiger partial charge on any atom is 0.243 e. The van der Waals surface area contributed by atoms with Crippen LogP contribution in [0.25, 0.3) is 0 Å². The number of rotatable bonds is 5. The van der Waals surface area contributed by atoms with E-state index in [0.29, 0.717) is 5.56 Å². The summed E-state index contributed by atoms with van der Waals surface area (Å²) in [4.78, 5) is 22.6. The van der Waals surface area contributed by atoms with Crippen LogP contribution in [-0.4, -0.2) is 24.3 Å². The number of ketones is 1. The van der Waals surface area contributed by atoms with Gasteiger partial charge in [0.2, 0.25) is 5.91 Å². The first-order valence-electron chi connectivity index (χ1n) is 4.90. The van der Waals surface area contributed by atoms with Crippen LogP contribution < -0.4 is 11.1 Å². The predicted octanol–water partition coefficient (Wildman–Crippen LogP) is 0.499. The van der Waals surface area contributed by atoms with Gasteiger partial charge in [-0.1, -0.05) is 36.9 Å². The Kier molecular flexibility index (Phi) is 4.42. The van der Waals surface area contributed by atoms with E-state index in [0.717, 1.165) is 6.08 Å². The van der Waals surface area contributed by atoms with E-state index < -0.39 is 6.04 Å². The van der Waals surface area contributed by atoms with Crippen LogP contribution in [0.4, 0.5) is 0 Å². The van der Waals surface area contributed by atoms with Crippen LogP contribution in [0.1, 0.15) is 10.4 Å². The third-order valence-electron chi connectivity index (χ3n) is 2.08. The Labute approximate surface area is 94.1 Å². The van der Waals surface area contributed by atoms with Crippen molar-refractivity contribution in [1.82, 2.24) is 5.32 Å². The molecule has 1 unspecified atom stereocenters. The van der Waals surface area contributed by atoms with Gasteiger partial charge in [-0.15, -0.1) is 0 Å². The zero-order valence-electron chi connectivity index (χ0n) is 8.85. The summed E-state index contributed by atoms with van der Waals surface area (Å²) in [5.74, 6) is -0.527. The van der Waals surface area contributed by atoms with Crippen molar-refractivity contribution in [3.63, 3.8) is 0 Å². The molecule has 0 fully saturated rings. The molecule has 0 bridgehead atoms. The Hall–Kier alpha value is -1.94. The first-order chi connectivity index (χ1) is 7.65. The molecular formula is C12H14N2O2. The van der Waals surface area contributed by atoms with Crippen LogP contribution >= 0.6 is 0 Å². The van der Waals surface area contributed by atoms with E-state index in [1.54, 1.807) is 24.3 Å². The van der Waals surface area contributed by atoms with Crippen molar-refractivity contribution in [3.8, 4) is 0 Å². The molecule has 84 valence electrons. The standard InChI is InChI=1S/C12H14N2O2/c1-2-11(15)14-8-10(13)12(16)9-6-4-3-5-7-9/h2-7,10H,1,8,13H2,(H,14,15). The molecule has 3 N–H and O–H groups in total. The highest BCUT2D eigenvalue weighted by molar-refractivity contribution is 6.00. The summed E-state index contributed by atoms with van der Waals surface area (Å²) in [6, 6.07) is 8.01. The topological polar surface area (TPSA) is 72.2 Å². The van der Waals surface area contributed by atoms with Gasteiger partial charge < -0.3 is 11.1 Å². The van der Waals surface area contributed by atoms with Crippen LogP contribution in [0, 0.1) is 0 Å². The highest BCUT2D eigenvalue weighted by Gasteiger charge is 2.15. The first kappa shape index (κ1) is 12.1. The van der Waals surface area contributed by atoms with E-state index in [9.17, 15) is 9.59 Å². The molecule has 1 rings (SSSR count). The van der Waals surface area contributed by atoms with Crippen molar-refractivity contribution in [2.45, 2.75) is 6.04 Å². The molecule has 1 aromatic carbocycles. The summed E-state index contributed by atoms with van der Waals surface area (Å²) in [6.07, 6.45) is 1.14. The maximum absolute atomic E-state index is 11.7. The van der Waals surface area contributed by atoms with Crippen LogP contribution in [0.5, 0.6) is 0 Å². The van der Waals surface area contributed by atoms with Gasteiger partial charge in [0, 0.05) is 12.1 Å². The minimum atomic E-state index is -0.730. The minimum absolute atomic E-state index is 0.110. The number of nitrogens with one attached hydrogen (secondary N) is 1. The van der Waals surface area contributed by atoms with Crippen molar-refractivity contribution in [2.75, 3.05) is 6.54 Å². The van der Waals surface area contributed by atoms with Crippen LogP contribution in [0.3, 0.4) is 0 Å². The molecule has 0 saturated carbocycles.